The monoisotopic (exact) mass is 527 g/mol. The van der Waals surface area contributed by atoms with Crippen molar-refractivity contribution >= 4 is 39.7 Å². The molecule has 4 rings (SSSR count). The van der Waals surface area contributed by atoms with Crippen molar-refractivity contribution in [3.63, 3.8) is 0 Å². The maximum absolute atomic E-state index is 13.8. The largest absolute Gasteiger partial charge is 0.420 e. The summed E-state index contributed by atoms with van der Waals surface area (Å²) >= 11 is 0.856. The van der Waals surface area contributed by atoms with Crippen molar-refractivity contribution in [2.24, 2.45) is 0 Å². The van der Waals surface area contributed by atoms with Crippen molar-refractivity contribution in [2.75, 3.05) is 45.3 Å². The van der Waals surface area contributed by atoms with Gasteiger partial charge in [0, 0.05) is 38.3 Å². The first-order valence-corrected chi connectivity index (χ1v) is 12.8. The number of fused-ring (bicyclic) bond motifs is 1. The van der Waals surface area contributed by atoms with Gasteiger partial charge in [0.05, 0.1) is 44.2 Å². The van der Waals surface area contributed by atoms with Gasteiger partial charge in [0.1, 0.15) is 10.4 Å². The second-order valence-electron chi connectivity index (χ2n) is 8.35. The first-order chi connectivity index (χ1) is 16.4. The molecular weight excluding hydrogens is 503 g/mol. The lowest BCUT2D eigenvalue weighted by Crippen LogP contribution is -2.27. The fourth-order valence-electron chi connectivity index (χ4n) is 3.43. The van der Waals surface area contributed by atoms with E-state index in [0.717, 1.165) is 17.9 Å². The van der Waals surface area contributed by atoms with Crippen LogP contribution in [0.15, 0.2) is 23.4 Å². The van der Waals surface area contributed by atoms with E-state index in [2.05, 4.69) is 20.4 Å². The minimum atomic E-state index is -4.72. The average molecular weight is 528 g/mol. The zero-order valence-corrected chi connectivity index (χ0v) is 21.1. The number of anilines is 2. The number of thiophene rings is 1. The van der Waals surface area contributed by atoms with Crippen LogP contribution >= 0.6 is 11.3 Å². The Hall–Kier alpha value is -2.84. The summed E-state index contributed by atoms with van der Waals surface area (Å²) in [5, 5.41) is 7.36. The van der Waals surface area contributed by atoms with Crippen LogP contribution in [0.4, 0.5) is 24.8 Å². The Morgan fingerprint density at radius 2 is 2.06 bits per heavy atom. The second kappa shape index (κ2) is 9.66. The quantitative estimate of drug-likeness (QED) is 0.526. The van der Waals surface area contributed by atoms with E-state index >= 15 is 0 Å². The SMILES string of the molecule is Cc1nn(CCN(C)C)cc1Nc1ncc(C(F)(F)F)c(-c2cc3c(s2)C(=O)N(C)CCS3=O)n1. The van der Waals surface area contributed by atoms with Crippen molar-refractivity contribution in [3.8, 4) is 10.6 Å². The Labute approximate surface area is 206 Å². The van der Waals surface area contributed by atoms with Gasteiger partial charge in [-0.05, 0) is 27.1 Å². The number of nitrogens with zero attached hydrogens (tertiary/aromatic N) is 6. The number of carbonyl (C=O) groups excluding carboxylic acids is 1. The topological polar surface area (TPSA) is 96.3 Å². The predicted molar refractivity (Wildman–Crippen MR) is 127 cm³/mol. The Kier molecular flexibility index (Phi) is 6.97. The molecule has 4 heterocycles. The van der Waals surface area contributed by atoms with Crippen LogP contribution in [-0.2, 0) is 23.5 Å². The molecule has 1 amide bonds. The molecule has 0 radical (unpaired) electrons. The summed E-state index contributed by atoms with van der Waals surface area (Å²) in [6.07, 6.45) is -2.26. The van der Waals surface area contributed by atoms with Gasteiger partial charge in [0.15, 0.2) is 0 Å². The van der Waals surface area contributed by atoms with E-state index in [1.165, 1.54) is 11.0 Å². The van der Waals surface area contributed by atoms with Crippen LogP contribution in [0.3, 0.4) is 0 Å². The van der Waals surface area contributed by atoms with E-state index in [9.17, 15) is 22.2 Å². The Morgan fingerprint density at radius 3 is 2.74 bits per heavy atom. The molecule has 0 spiro atoms. The van der Waals surface area contributed by atoms with Gasteiger partial charge in [-0.1, -0.05) is 0 Å². The molecule has 0 aromatic carbocycles. The van der Waals surface area contributed by atoms with Gasteiger partial charge >= 0.3 is 6.18 Å². The van der Waals surface area contributed by atoms with Crippen molar-refractivity contribution in [2.45, 2.75) is 24.5 Å². The van der Waals surface area contributed by atoms with Crippen LogP contribution in [-0.4, -0.2) is 79.6 Å². The number of hydrogen-bond acceptors (Lipinski definition) is 8. The highest BCUT2D eigenvalue weighted by Crippen LogP contribution is 2.41. The number of halogens is 3. The predicted octanol–water partition coefficient (Wildman–Crippen LogP) is 3.23. The number of hydrogen-bond donors (Lipinski definition) is 1. The normalized spacial score (nSPS) is 16.5. The van der Waals surface area contributed by atoms with E-state index in [4.69, 9.17) is 0 Å². The molecule has 35 heavy (non-hydrogen) atoms. The standard InChI is InChI=1S/C21H24F3N7O2S2/c1-12-14(11-31(28-12)6-5-29(2)3)26-20-25-10-13(21(22,23)24)17(27-20)15-9-16-18(34-15)19(32)30(4)7-8-35(16)33/h9-11H,5-8H2,1-4H3,(H,25,26,27). The number of carbonyl (C=O) groups is 1. The van der Waals surface area contributed by atoms with Crippen molar-refractivity contribution in [1.29, 1.82) is 0 Å². The van der Waals surface area contributed by atoms with Crippen LogP contribution in [0, 0.1) is 6.92 Å². The highest BCUT2D eigenvalue weighted by atomic mass is 32.2. The van der Waals surface area contributed by atoms with E-state index in [1.807, 2.05) is 19.0 Å². The number of amides is 1. The van der Waals surface area contributed by atoms with Gasteiger partial charge in [-0.2, -0.15) is 18.3 Å². The maximum atomic E-state index is 13.8. The van der Waals surface area contributed by atoms with Crippen molar-refractivity contribution in [3.05, 3.63) is 34.6 Å². The van der Waals surface area contributed by atoms with Gasteiger partial charge in [0.25, 0.3) is 5.91 Å². The Bertz CT molecular complexity index is 1290. The molecule has 0 fully saturated rings. The van der Waals surface area contributed by atoms with Crippen molar-refractivity contribution < 1.29 is 22.2 Å². The van der Waals surface area contributed by atoms with Crippen LogP contribution < -0.4 is 5.32 Å². The highest BCUT2D eigenvalue weighted by Gasteiger charge is 2.37. The first-order valence-electron chi connectivity index (χ1n) is 10.6. The summed E-state index contributed by atoms with van der Waals surface area (Å²) in [5.41, 5.74) is -0.211. The van der Waals surface area contributed by atoms with Gasteiger partial charge < -0.3 is 15.1 Å². The molecule has 0 bridgehead atoms. The lowest BCUT2D eigenvalue weighted by Gasteiger charge is -2.13. The number of rotatable bonds is 6. The molecule has 9 nitrogen and oxygen atoms in total. The molecule has 0 aliphatic carbocycles. The number of alkyl halides is 3. The number of aryl methyl sites for hydroxylation is 1. The molecule has 3 aromatic rings. The molecule has 1 N–H and O–H groups in total. The minimum Gasteiger partial charge on any atom is -0.340 e. The molecular formula is C21H24F3N7O2S2. The summed E-state index contributed by atoms with van der Waals surface area (Å²) in [6.45, 7) is 3.47. The van der Waals surface area contributed by atoms with Crippen LogP contribution in [0.1, 0.15) is 20.9 Å². The summed E-state index contributed by atoms with van der Waals surface area (Å²) in [6, 6.07) is 1.37. The van der Waals surface area contributed by atoms with Gasteiger partial charge in [-0.25, -0.2) is 9.97 Å². The molecule has 1 unspecified atom stereocenters. The first kappa shape index (κ1) is 25.3. The lowest BCUT2D eigenvalue weighted by molar-refractivity contribution is -0.137. The minimum absolute atomic E-state index is 0.0450. The molecule has 188 valence electrons. The zero-order valence-electron chi connectivity index (χ0n) is 19.5. The lowest BCUT2D eigenvalue weighted by atomic mass is 10.2. The van der Waals surface area contributed by atoms with E-state index in [1.54, 1.807) is 24.9 Å². The van der Waals surface area contributed by atoms with Crippen molar-refractivity contribution in [1.82, 2.24) is 29.5 Å². The number of likely N-dealkylation sites (N-methyl/N-ethyl adjacent to an activating group) is 1. The Balaban J connectivity index is 1.73. The number of nitrogens with one attached hydrogen (secondary N) is 1. The maximum Gasteiger partial charge on any atom is 0.420 e. The highest BCUT2D eigenvalue weighted by molar-refractivity contribution is 7.85. The molecule has 0 saturated carbocycles. The summed E-state index contributed by atoms with van der Waals surface area (Å²) in [5.74, 6) is -0.203. The van der Waals surface area contributed by atoms with Gasteiger partial charge in [-0.3, -0.25) is 13.7 Å². The summed E-state index contributed by atoms with van der Waals surface area (Å²) < 4.78 is 55.8. The molecule has 1 atom stereocenters. The third kappa shape index (κ3) is 5.38. The average Bonchev–Trinajstić information content (AvgIpc) is 3.36. The van der Waals surface area contributed by atoms with E-state index in [0.29, 0.717) is 30.7 Å². The smallest absolute Gasteiger partial charge is 0.340 e. The second-order valence-corrected chi connectivity index (χ2v) is 10.9. The molecule has 3 aromatic heterocycles. The van der Waals surface area contributed by atoms with Gasteiger partial charge in [0.2, 0.25) is 5.95 Å². The Morgan fingerprint density at radius 1 is 1.31 bits per heavy atom. The zero-order chi connectivity index (χ0) is 25.5. The van der Waals surface area contributed by atoms with Gasteiger partial charge in [-0.15, -0.1) is 11.3 Å². The van der Waals surface area contributed by atoms with E-state index in [-0.39, 0.29) is 38.0 Å². The molecule has 1 aliphatic rings. The fraction of sp³-hybridized carbons (Fsp3) is 0.429. The third-order valence-electron chi connectivity index (χ3n) is 5.39. The molecule has 0 saturated heterocycles. The van der Waals surface area contributed by atoms with E-state index < -0.39 is 22.5 Å². The third-order valence-corrected chi connectivity index (χ3v) is 8.02. The van der Waals surface area contributed by atoms with Crippen LogP contribution in [0.2, 0.25) is 0 Å². The summed E-state index contributed by atoms with van der Waals surface area (Å²) in [7, 11) is 3.95. The number of aromatic nitrogens is 4. The molecule has 14 heteroatoms. The summed E-state index contributed by atoms with van der Waals surface area (Å²) in [4.78, 5) is 24.6. The fourth-order valence-corrected chi connectivity index (χ4v) is 6.16. The van der Waals surface area contributed by atoms with Crippen LogP contribution in [0.5, 0.6) is 0 Å². The molecule has 1 aliphatic heterocycles. The van der Waals surface area contributed by atoms with Crippen LogP contribution in [0.25, 0.3) is 10.6 Å².